The summed E-state index contributed by atoms with van der Waals surface area (Å²) in [5, 5.41) is 14.7. The summed E-state index contributed by atoms with van der Waals surface area (Å²) in [6.45, 7) is 0.520. The summed E-state index contributed by atoms with van der Waals surface area (Å²) in [7, 11) is 0. The molecule has 0 spiro atoms. The topological polar surface area (TPSA) is 55.1 Å². The standard InChI is InChI=1S/C9H8N2O2S/c12-9(13)8-3-4-10-11(8)6-7-2-1-5-14-7/h1-5H,6H2,(H,12,13). The van der Waals surface area contributed by atoms with Crippen LogP contribution in [-0.4, -0.2) is 20.9 Å². The third kappa shape index (κ3) is 1.67. The Kier molecular flexibility index (Phi) is 2.32. The van der Waals surface area contributed by atoms with Crippen LogP contribution in [0.3, 0.4) is 0 Å². The zero-order valence-corrected chi connectivity index (χ0v) is 8.07. The Morgan fingerprint density at radius 2 is 2.43 bits per heavy atom. The quantitative estimate of drug-likeness (QED) is 0.835. The zero-order valence-electron chi connectivity index (χ0n) is 7.25. The molecule has 0 bridgehead atoms. The molecule has 2 heterocycles. The van der Waals surface area contributed by atoms with E-state index in [1.165, 1.54) is 16.9 Å². The summed E-state index contributed by atoms with van der Waals surface area (Å²) < 4.78 is 1.48. The first-order valence-corrected chi connectivity index (χ1v) is 4.93. The second-order valence-electron chi connectivity index (χ2n) is 2.76. The smallest absolute Gasteiger partial charge is 0.354 e. The lowest BCUT2D eigenvalue weighted by Crippen LogP contribution is -2.09. The highest BCUT2D eigenvalue weighted by atomic mass is 32.1. The van der Waals surface area contributed by atoms with Gasteiger partial charge >= 0.3 is 5.97 Å². The molecule has 0 radical (unpaired) electrons. The van der Waals surface area contributed by atoms with Gasteiger partial charge in [-0.05, 0) is 17.5 Å². The molecule has 0 amide bonds. The van der Waals surface area contributed by atoms with E-state index < -0.39 is 5.97 Å². The van der Waals surface area contributed by atoms with Crippen molar-refractivity contribution in [2.45, 2.75) is 6.54 Å². The van der Waals surface area contributed by atoms with E-state index in [0.717, 1.165) is 4.88 Å². The number of carbonyl (C=O) groups is 1. The predicted molar refractivity (Wildman–Crippen MR) is 52.6 cm³/mol. The molecule has 4 nitrogen and oxygen atoms in total. The number of aromatic carboxylic acids is 1. The van der Waals surface area contributed by atoms with Crippen LogP contribution in [0.25, 0.3) is 0 Å². The molecular weight excluding hydrogens is 200 g/mol. The van der Waals surface area contributed by atoms with Gasteiger partial charge in [0.05, 0.1) is 6.54 Å². The van der Waals surface area contributed by atoms with Gasteiger partial charge in [0.15, 0.2) is 0 Å². The monoisotopic (exact) mass is 208 g/mol. The maximum Gasteiger partial charge on any atom is 0.354 e. The molecule has 2 rings (SSSR count). The van der Waals surface area contributed by atoms with Crippen LogP contribution >= 0.6 is 11.3 Å². The summed E-state index contributed by atoms with van der Waals surface area (Å²) in [6.07, 6.45) is 1.50. The van der Waals surface area contributed by atoms with Crippen LogP contribution < -0.4 is 0 Å². The van der Waals surface area contributed by atoms with E-state index in [0.29, 0.717) is 6.54 Å². The zero-order chi connectivity index (χ0) is 9.97. The van der Waals surface area contributed by atoms with E-state index in [-0.39, 0.29) is 5.69 Å². The lowest BCUT2D eigenvalue weighted by molar-refractivity contribution is 0.0684. The fourth-order valence-electron chi connectivity index (χ4n) is 1.19. The lowest BCUT2D eigenvalue weighted by atomic mass is 10.4. The molecule has 72 valence electrons. The van der Waals surface area contributed by atoms with E-state index in [1.54, 1.807) is 11.3 Å². The van der Waals surface area contributed by atoms with E-state index in [2.05, 4.69) is 5.10 Å². The minimum Gasteiger partial charge on any atom is -0.477 e. The highest BCUT2D eigenvalue weighted by Crippen LogP contribution is 2.11. The number of hydrogen-bond acceptors (Lipinski definition) is 3. The Balaban J connectivity index is 2.25. The third-order valence-electron chi connectivity index (χ3n) is 1.82. The van der Waals surface area contributed by atoms with Gasteiger partial charge in [-0.3, -0.25) is 4.68 Å². The van der Waals surface area contributed by atoms with E-state index in [1.807, 2.05) is 17.5 Å². The third-order valence-corrected chi connectivity index (χ3v) is 2.68. The molecule has 0 unspecified atom stereocenters. The SMILES string of the molecule is O=C(O)c1ccnn1Cc1cccs1. The summed E-state index contributed by atoms with van der Waals surface area (Å²) in [5.74, 6) is -0.945. The fourth-order valence-corrected chi connectivity index (χ4v) is 1.88. The highest BCUT2D eigenvalue weighted by Gasteiger charge is 2.09. The van der Waals surface area contributed by atoms with Crippen LogP contribution in [0.5, 0.6) is 0 Å². The lowest BCUT2D eigenvalue weighted by Gasteiger charge is -2.01. The van der Waals surface area contributed by atoms with Crippen LogP contribution in [0.15, 0.2) is 29.8 Å². The first-order valence-electron chi connectivity index (χ1n) is 4.05. The molecule has 2 aromatic heterocycles. The summed E-state index contributed by atoms with van der Waals surface area (Å²) in [6, 6.07) is 5.39. The maximum absolute atomic E-state index is 10.8. The number of carboxylic acids is 1. The van der Waals surface area contributed by atoms with Gasteiger partial charge in [-0.1, -0.05) is 6.07 Å². The van der Waals surface area contributed by atoms with Crippen molar-refractivity contribution < 1.29 is 9.90 Å². The number of rotatable bonds is 3. The van der Waals surface area contributed by atoms with E-state index in [4.69, 9.17) is 5.11 Å². The molecule has 5 heteroatoms. The largest absolute Gasteiger partial charge is 0.477 e. The van der Waals surface area contributed by atoms with Crippen molar-refractivity contribution in [1.82, 2.24) is 9.78 Å². The average Bonchev–Trinajstić information content (AvgIpc) is 2.75. The molecular formula is C9H8N2O2S. The molecule has 0 aliphatic carbocycles. The Morgan fingerprint density at radius 1 is 1.57 bits per heavy atom. The second-order valence-corrected chi connectivity index (χ2v) is 3.79. The number of hydrogen-bond donors (Lipinski definition) is 1. The summed E-state index contributed by atoms with van der Waals surface area (Å²) >= 11 is 1.59. The van der Waals surface area contributed by atoms with Gasteiger partial charge in [-0.25, -0.2) is 4.79 Å². The maximum atomic E-state index is 10.8. The summed E-state index contributed by atoms with van der Waals surface area (Å²) in [5.41, 5.74) is 0.221. The Morgan fingerprint density at radius 3 is 3.07 bits per heavy atom. The molecule has 14 heavy (non-hydrogen) atoms. The number of thiophene rings is 1. The van der Waals surface area contributed by atoms with Crippen LogP contribution in [0.2, 0.25) is 0 Å². The van der Waals surface area contributed by atoms with Crippen LogP contribution in [0, 0.1) is 0 Å². The van der Waals surface area contributed by atoms with Gasteiger partial charge in [-0.2, -0.15) is 5.10 Å². The minimum atomic E-state index is -0.945. The van der Waals surface area contributed by atoms with Crippen molar-refractivity contribution >= 4 is 17.3 Å². The van der Waals surface area contributed by atoms with Gasteiger partial charge < -0.3 is 5.11 Å². The molecule has 0 saturated heterocycles. The normalized spacial score (nSPS) is 10.3. The van der Waals surface area contributed by atoms with E-state index >= 15 is 0 Å². The van der Waals surface area contributed by atoms with Crippen molar-refractivity contribution in [1.29, 1.82) is 0 Å². The molecule has 0 fully saturated rings. The average molecular weight is 208 g/mol. The molecule has 2 aromatic rings. The Bertz CT molecular complexity index is 433. The van der Waals surface area contributed by atoms with Gasteiger partial charge in [0.2, 0.25) is 0 Å². The van der Waals surface area contributed by atoms with Crippen LogP contribution in [-0.2, 0) is 6.54 Å². The van der Waals surface area contributed by atoms with Gasteiger partial charge in [0.25, 0.3) is 0 Å². The predicted octanol–water partition coefficient (Wildman–Crippen LogP) is 1.69. The van der Waals surface area contributed by atoms with Gasteiger partial charge in [0.1, 0.15) is 5.69 Å². The molecule has 0 aromatic carbocycles. The number of carboxylic acid groups (broad SMARTS) is 1. The number of aromatic nitrogens is 2. The van der Waals surface area contributed by atoms with Crippen molar-refractivity contribution in [2.24, 2.45) is 0 Å². The first kappa shape index (κ1) is 8.96. The molecule has 0 atom stereocenters. The molecule has 0 saturated carbocycles. The summed E-state index contributed by atoms with van der Waals surface area (Å²) in [4.78, 5) is 11.8. The van der Waals surface area contributed by atoms with Crippen molar-refractivity contribution in [3.63, 3.8) is 0 Å². The van der Waals surface area contributed by atoms with Gasteiger partial charge in [-0.15, -0.1) is 11.3 Å². The number of nitrogens with zero attached hydrogens (tertiary/aromatic N) is 2. The van der Waals surface area contributed by atoms with Crippen molar-refractivity contribution in [3.8, 4) is 0 Å². The first-order chi connectivity index (χ1) is 6.77. The van der Waals surface area contributed by atoms with E-state index in [9.17, 15) is 4.79 Å². The Hall–Kier alpha value is -1.62. The Labute approximate surface area is 84.4 Å². The van der Waals surface area contributed by atoms with Crippen molar-refractivity contribution in [2.75, 3.05) is 0 Å². The molecule has 0 aliphatic rings. The second kappa shape index (κ2) is 3.63. The van der Waals surface area contributed by atoms with Crippen LogP contribution in [0.1, 0.15) is 15.4 Å². The van der Waals surface area contributed by atoms with Crippen LogP contribution in [0.4, 0.5) is 0 Å². The highest BCUT2D eigenvalue weighted by molar-refractivity contribution is 7.09. The minimum absolute atomic E-state index is 0.221. The molecule has 1 N–H and O–H groups in total. The van der Waals surface area contributed by atoms with Gasteiger partial charge in [0, 0.05) is 11.1 Å². The fraction of sp³-hybridized carbons (Fsp3) is 0.111. The molecule has 0 aliphatic heterocycles. The van der Waals surface area contributed by atoms with Crippen molar-refractivity contribution in [3.05, 3.63) is 40.3 Å².